The second-order valence-corrected chi connectivity index (χ2v) is 6.77. The lowest BCUT2D eigenvalue weighted by molar-refractivity contribution is 0.276. The molecule has 1 saturated heterocycles. The number of methoxy groups -OCH3 is 2. The first-order valence-electron chi connectivity index (χ1n) is 7.61. The minimum absolute atomic E-state index is 0.0989. The number of nitrogens with zero attached hydrogens (tertiary/aromatic N) is 1. The Hall–Kier alpha value is -1.42. The lowest BCUT2D eigenvalue weighted by atomic mass is 9.92. The van der Waals surface area contributed by atoms with E-state index >= 15 is 0 Å². The first-order chi connectivity index (χ1) is 9.86. The molecule has 1 aliphatic heterocycles. The zero-order valence-corrected chi connectivity index (χ0v) is 14.1. The summed E-state index contributed by atoms with van der Waals surface area (Å²) < 4.78 is 10.8. The molecule has 0 aromatic heterocycles. The highest BCUT2D eigenvalue weighted by Gasteiger charge is 2.34. The van der Waals surface area contributed by atoms with Crippen LogP contribution in [0.15, 0.2) is 18.2 Å². The zero-order chi connectivity index (χ0) is 15.6. The summed E-state index contributed by atoms with van der Waals surface area (Å²) in [5.74, 6) is 2.25. The minimum Gasteiger partial charge on any atom is -0.497 e. The molecule has 118 valence electrons. The van der Waals surface area contributed by atoms with Crippen LogP contribution in [0.3, 0.4) is 0 Å². The van der Waals surface area contributed by atoms with Crippen molar-refractivity contribution in [1.82, 2.24) is 5.32 Å². The number of benzene rings is 1. The number of nitrogens with one attached hydrogen (secondary N) is 1. The molecular weight excluding hydrogens is 264 g/mol. The average Bonchev–Trinajstić information content (AvgIpc) is 2.45. The van der Waals surface area contributed by atoms with E-state index < -0.39 is 0 Å². The van der Waals surface area contributed by atoms with Gasteiger partial charge in [-0.3, -0.25) is 0 Å². The third-order valence-electron chi connectivity index (χ3n) is 4.19. The van der Waals surface area contributed by atoms with Gasteiger partial charge in [0.15, 0.2) is 0 Å². The highest BCUT2D eigenvalue weighted by atomic mass is 16.5. The lowest BCUT2D eigenvalue weighted by Crippen LogP contribution is -2.63. The Morgan fingerprint density at radius 1 is 1.14 bits per heavy atom. The zero-order valence-electron chi connectivity index (χ0n) is 14.1. The van der Waals surface area contributed by atoms with E-state index in [2.05, 4.69) is 50.0 Å². The maximum absolute atomic E-state index is 5.41. The van der Waals surface area contributed by atoms with Crippen molar-refractivity contribution in [3.8, 4) is 11.5 Å². The Bertz CT molecular complexity index is 463. The van der Waals surface area contributed by atoms with Gasteiger partial charge in [-0.05, 0) is 19.8 Å². The average molecular weight is 292 g/mol. The van der Waals surface area contributed by atoms with Gasteiger partial charge in [-0.1, -0.05) is 13.8 Å². The largest absolute Gasteiger partial charge is 0.497 e. The van der Waals surface area contributed by atoms with Crippen molar-refractivity contribution in [1.29, 1.82) is 0 Å². The summed E-state index contributed by atoms with van der Waals surface area (Å²) in [5, 5.41) is 3.64. The van der Waals surface area contributed by atoms with Crippen molar-refractivity contribution in [2.75, 3.05) is 32.2 Å². The molecule has 21 heavy (non-hydrogen) atoms. The third kappa shape index (κ3) is 3.62. The van der Waals surface area contributed by atoms with Gasteiger partial charge >= 0.3 is 0 Å². The van der Waals surface area contributed by atoms with Gasteiger partial charge in [-0.15, -0.1) is 0 Å². The highest BCUT2D eigenvalue weighted by Crippen LogP contribution is 2.33. The molecule has 0 bridgehead atoms. The van der Waals surface area contributed by atoms with Crippen LogP contribution in [0.25, 0.3) is 0 Å². The van der Waals surface area contributed by atoms with Crippen LogP contribution in [-0.2, 0) is 0 Å². The number of hydrogen-bond acceptors (Lipinski definition) is 4. The van der Waals surface area contributed by atoms with E-state index in [9.17, 15) is 0 Å². The molecule has 1 N–H and O–H groups in total. The van der Waals surface area contributed by atoms with E-state index in [-0.39, 0.29) is 5.54 Å². The molecule has 0 spiro atoms. The van der Waals surface area contributed by atoms with Gasteiger partial charge in [0.1, 0.15) is 11.5 Å². The summed E-state index contributed by atoms with van der Waals surface area (Å²) in [6.45, 7) is 11.0. The first kappa shape index (κ1) is 16.0. The monoisotopic (exact) mass is 292 g/mol. The fraction of sp³-hybridized carbons (Fsp3) is 0.647. The third-order valence-corrected chi connectivity index (χ3v) is 4.19. The van der Waals surface area contributed by atoms with E-state index in [4.69, 9.17) is 9.47 Å². The normalized spacial score (nSPS) is 21.5. The number of hydrogen-bond donors (Lipinski definition) is 1. The quantitative estimate of drug-likeness (QED) is 0.925. The molecule has 2 rings (SSSR count). The molecule has 1 unspecified atom stereocenters. The second kappa shape index (κ2) is 6.14. The van der Waals surface area contributed by atoms with Crippen LogP contribution in [0.1, 0.15) is 27.7 Å². The highest BCUT2D eigenvalue weighted by molar-refractivity contribution is 5.57. The van der Waals surface area contributed by atoms with Crippen molar-refractivity contribution >= 4 is 5.69 Å². The minimum atomic E-state index is 0.0989. The Kier molecular flexibility index (Phi) is 4.67. The molecule has 1 atom stereocenters. The molecule has 1 fully saturated rings. The molecule has 4 heteroatoms. The van der Waals surface area contributed by atoms with Crippen molar-refractivity contribution in [3.05, 3.63) is 18.2 Å². The van der Waals surface area contributed by atoms with Crippen LogP contribution in [-0.4, -0.2) is 38.9 Å². The molecule has 0 radical (unpaired) electrons. The molecule has 1 aromatic rings. The van der Waals surface area contributed by atoms with E-state index in [1.165, 1.54) is 5.69 Å². The maximum Gasteiger partial charge on any atom is 0.124 e. The molecule has 4 nitrogen and oxygen atoms in total. The van der Waals surface area contributed by atoms with Gasteiger partial charge in [0.25, 0.3) is 0 Å². The van der Waals surface area contributed by atoms with Crippen LogP contribution in [0.2, 0.25) is 0 Å². The van der Waals surface area contributed by atoms with Crippen molar-refractivity contribution < 1.29 is 9.47 Å². The van der Waals surface area contributed by atoms with Crippen molar-refractivity contribution in [2.45, 2.75) is 39.3 Å². The first-order valence-corrected chi connectivity index (χ1v) is 7.61. The number of anilines is 1. The number of piperazine rings is 1. The van der Waals surface area contributed by atoms with Gasteiger partial charge in [-0.25, -0.2) is 0 Å². The Morgan fingerprint density at radius 2 is 1.71 bits per heavy atom. The molecule has 1 aliphatic rings. The summed E-state index contributed by atoms with van der Waals surface area (Å²) in [4.78, 5) is 2.48. The molecular formula is C17H28N2O2. The summed E-state index contributed by atoms with van der Waals surface area (Å²) in [6.07, 6.45) is 0. The molecule has 0 aliphatic carbocycles. The summed E-state index contributed by atoms with van der Waals surface area (Å²) in [5.41, 5.74) is 1.27. The van der Waals surface area contributed by atoms with E-state index in [0.29, 0.717) is 12.0 Å². The molecule has 0 saturated carbocycles. The Labute approximate surface area is 128 Å². The van der Waals surface area contributed by atoms with E-state index in [1.807, 2.05) is 6.07 Å². The van der Waals surface area contributed by atoms with Crippen LogP contribution in [0.5, 0.6) is 11.5 Å². The lowest BCUT2D eigenvalue weighted by Gasteiger charge is -2.47. The second-order valence-electron chi connectivity index (χ2n) is 6.77. The predicted octanol–water partition coefficient (Wildman–Crippen LogP) is 2.92. The number of ether oxygens (including phenoxy) is 2. The fourth-order valence-electron chi connectivity index (χ4n) is 2.93. The van der Waals surface area contributed by atoms with Crippen LogP contribution in [0.4, 0.5) is 5.69 Å². The Morgan fingerprint density at radius 3 is 2.19 bits per heavy atom. The van der Waals surface area contributed by atoms with Gasteiger partial charge < -0.3 is 19.7 Å². The van der Waals surface area contributed by atoms with Crippen LogP contribution < -0.4 is 19.7 Å². The smallest absolute Gasteiger partial charge is 0.124 e. The Balaban J connectivity index is 2.39. The topological polar surface area (TPSA) is 33.7 Å². The van der Waals surface area contributed by atoms with Crippen molar-refractivity contribution in [3.63, 3.8) is 0 Å². The standard InChI is InChI=1S/C17H28N2O2/c1-12(2)16-10-18-17(3,4)11-19(16)13-7-14(20-5)9-15(8-13)21-6/h7-9,12,16,18H,10-11H2,1-6H3. The van der Waals surface area contributed by atoms with E-state index in [1.54, 1.807) is 14.2 Å². The molecule has 1 aromatic carbocycles. The number of rotatable bonds is 4. The van der Waals surface area contributed by atoms with Gasteiger partial charge in [0, 0.05) is 48.6 Å². The summed E-state index contributed by atoms with van der Waals surface area (Å²) in [6, 6.07) is 6.58. The maximum atomic E-state index is 5.41. The van der Waals surface area contributed by atoms with Gasteiger partial charge in [0.05, 0.1) is 14.2 Å². The van der Waals surface area contributed by atoms with Crippen LogP contribution in [0, 0.1) is 5.92 Å². The SMILES string of the molecule is COc1cc(OC)cc(N2CC(C)(C)NCC2C(C)C)c1. The van der Waals surface area contributed by atoms with Crippen molar-refractivity contribution in [2.24, 2.45) is 5.92 Å². The van der Waals surface area contributed by atoms with Gasteiger partial charge in [0.2, 0.25) is 0 Å². The molecule has 1 heterocycles. The van der Waals surface area contributed by atoms with Crippen LogP contribution >= 0.6 is 0 Å². The predicted molar refractivity (Wildman–Crippen MR) is 87.6 cm³/mol. The van der Waals surface area contributed by atoms with Gasteiger partial charge in [-0.2, -0.15) is 0 Å². The summed E-state index contributed by atoms with van der Waals surface area (Å²) >= 11 is 0. The molecule has 0 amide bonds. The fourth-order valence-corrected chi connectivity index (χ4v) is 2.93. The van der Waals surface area contributed by atoms with E-state index in [0.717, 1.165) is 24.6 Å². The summed E-state index contributed by atoms with van der Waals surface area (Å²) in [7, 11) is 3.39.